The Labute approximate surface area is 107 Å². The molecule has 0 saturated heterocycles. The highest BCUT2D eigenvalue weighted by Gasteiger charge is 2.19. The van der Waals surface area contributed by atoms with E-state index in [2.05, 4.69) is 12.2 Å². The van der Waals surface area contributed by atoms with Crippen LogP contribution in [-0.2, 0) is 9.59 Å². The van der Waals surface area contributed by atoms with Gasteiger partial charge in [-0.3, -0.25) is 9.59 Å². The summed E-state index contributed by atoms with van der Waals surface area (Å²) in [5, 5.41) is 11.3. The van der Waals surface area contributed by atoms with Gasteiger partial charge in [-0.15, -0.1) is 11.8 Å². The van der Waals surface area contributed by atoms with Gasteiger partial charge in [0.2, 0.25) is 5.91 Å². The molecule has 2 unspecified atom stereocenters. The van der Waals surface area contributed by atoms with Crippen molar-refractivity contribution < 1.29 is 14.7 Å². The lowest BCUT2D eigenvalue weighted by atomic mass is 9.82. The second-order valence-electron chi connectivity index (χ2n) is 4.83. The van der Waals surface area contributed by atoms with E-state index < -0.39 is 5.97 Å². The van der Waals surface area contributed by atoms with Crippen molar-refractivity contribution >= 4 is 23.6 Å². The van der Waals surface area contributed by atoms with E-state index in [9.17, 15) is 9.59 Å². The van der Waals surface area contributed by atoms with Crippen molar-refractivity contribution in [1.82, 2.24) is 5.32 Å². The van der Waals surface area contributed by atoms with Crippen molar-refractivity contribution in [3.8, 4) is 0 Å². The van der Waals surface area contributed by atoms with Crippen LogP contribution in [-0.4, -0.2) is 35.0 Å². The van der Waals surface area contributed by atoms with E-state index in [1.165, 1.54) is 25.7 Å². The molecule has 0 heterocycles. The molecule has 0 bridgehead atoms. The number of carbonyl (C=O) groups excluding carboxylic acids is 1. The molecule has 1 fully saturated rings. The van der Waals surface area contributed by atoms with Gasteiger partial charge in [0.15, 0.2) is 0 Å². The fraction of sp³-hybridized carbons (Fsp3) is 0.833. The Morgan fingerprint density at radius 3 is 2.76 bits per heavy atom. The van der Waals surface area contributed by atoms with Crippen LogP contribution in [0.25, 0.3) is 0 Å². The molecule has 4 nitrogen and oxygen atoms in total. The summed E-state index contributed by atoms with van der Waals surface area (Å²) in [5.41, 5.74) is 0. The highest BCUT2D eigenvalue weighted by Crippen LogP contribution is 2.27. The average Bonchev–Trinajstić information content (AvgIpc) is 2.26. The highest BCUT2D eigenvalue weighted by atomic mass is 32.2. The predicted octanol–water partition coefficient (Wildman–Crippen LogP) is 1.75. The molecule has 1 rings (SSSR count). The van der Waals surface area contributed by atoms with Crippen molar-refractivity contribution in [2.45, 2.75) is 32.6 Å². The zero-order chi connectivity index (χ0) is 12.7. The van der Waals surface area contributed by atoms with Crippen LogP contribution in [0.1, 0.15) is 32.6 Å². The SMILES string of the molecule is CC1CCCC(CNC(=O)CSCC(=O)O)C1. The highest BCUT2D eigenvalue weighted by molar-refractivity contribution is 8.00. The minimum Gasteiger partial charge on any atom is -0.481 e. The fourth-order valence-electron chi connectivity index (χ4n) is 2.29. The molecule has 2 N–H and O–H groups in total. The summed E-state index contributed by atoms with van der Waals surface area (Å²) in [4.78, 5) is 21.7. The van der Waals surface area contributed by atoms with Gasteiger partial charge in [0.05, 0.1) is 11.5 Å². The van der Waals surface area contributed by atoms with Gasteiger partial charge in [-0.2, -0.15) is 0 Å². The lowest BCUT2D eigenvalue weighted by Gasteiger charge is -2.26. The minimum absolute atomic E-state index is 0.00607. The molecular weight excluding hydrogens is 238 g/mol. The number of hydrogen-bond acceptors (Lipinski definition) is 3. The number of nitrogens with one attached hydrogen (secondary N) is 1. The molecule has 0 aromatic carbocycles. The molecule has 2 atom stereocenters. The van der Waals surface area contributed by atoms with E-state index in [4.69, 9.17) is 5.11 Å². The maximum atomic E-state index is 11.4. The third-order valence-electron chi connectivity index (χ3n) is 3.09. The first-order chi connectivity index (χ1) is 8.08. The van der Waals surface area contributed by atoms with Gasteiger partial charge in [0.1, 0.15) is 0 Å². The van der Waals surface area contributed by atoms with Crippen LogP contribution >= 0.6 is 11.8 Å². The monoisotopic (exact) mass is 259 g/mol. The van der Waals surface area contributed by atoms with E-state index in [1.807, 2.05) is 0 Å². The maximum Gasteiger partial charge on any atom is 0.313 e. The average molecular weight is 259 g/mol. The van der Waals surface area contributed by atoms with Crippen molar-refractivity contribution in [2.75, 3.05) is 18.1 Å². The number of thioether (sulfide) groups is 1. The van der Waals surface area contributed by atoms with E-state index in [1.54, 1.807) is 0 Å². The van der Waals surface area contributed by atoms with Crippen LogP contribution in [0, 0.1) is 11.8 Å². The van der Waals surface area contributed by atoms with Crippen LogP contribution in [0.3, 0.4) is 0 Å². The van der Waals surface area contributed by atoms with Gasteiger partial charge in [-0.1, -0.05) is 19.8 Å². The van der Waals surface area contributed by atoms with Gasteiger partial charge in [0, 0.05) is 6.54 Å². The number of carboxylic acids is 1. The number of rotatable bonds is 6. The zero-order valence-electron chi connectivity index (χ0n) is 10.3. The molecule has 0 aromatic rings. The number of carbonyl (C=O) groups is 2. The predicted molar refractivity (Wildman–Crippen MR) is 69.1 cm³/mol. The van der Waals surface area contributed by atoms with Crippen molar-refractivity contribution in [3.63, 3.8) is 0 Å². The standard InChI is InChI=1S/C12H21NO3S/c1-9-3-2-4-10(5-9)6-13-11(14)7-17-8-12(15)16/h9-10H,2-8H2,1H3,(H,13,14)(H,15,16). The Morgan fingerprint density at radius 2 is 2.12 bits per heavy atom. The summed E-state index contributed by atoms with van der Waals surface area (Å²) in [6.45, 7) is 3.01. The Balaban J connectivity index is 2.08. The maximum absolute atomic E-state index is 11.4. The molecule has 0 aliphatic heterocycles. The van der Waals surface area contributed by atoms with Crippen LogP contribution < -0.4 is 5.32 Å². The summed E-state index contributed by atoms with van der Waals surface area (Å²) in [6, 6.07) is 0. The Kier molecular flexibility index (Phi) is 6.40. The van der Waals surface area contributed by atoms with Crippen molar-refractivity contribution in [3.05, 3.63) is 0 Å². The van der Waals surface area contributed by atoms with E-state index in [0.717, 1.165) is 24.2 Å². The van der Waals surface area contributed by atoms with Gasteiger partial charge >= 0.3 is 5.97 Å². The summed E-state index contributed by atoms with van der Waals surface area (Å²) in [6.07, 6.45) is 4.96. The summed E-state index contributed by atoms with van der Waals surface area (Å²) in [7, 11) is 0. The van der Waals surface area contributed by atoms with Gasteiger partial charge in [-0.25, -0.2) is 0 Å². The smallest absolute Gasteiger partial charge is 0.313 e. The third-order valence-corrected chi connectivity index (χ3v) is 4.01. The molecular formula is C12H21NO3S. The normalized spacial score (nSPS) is 24.3. The van der Waals surface area contributed by atoms with Crippen molar-refractivity contribution in [2.24, 2.45) is 11.8 Å². The largest absolute Gasteiger partial charge is 0.481 e. The lowest BCUT2D eigenvalue weighted by molar-refractivity contribution is -0.133. The fourth-order valence-corrected chi connectivity index (χ4v) is 2.85. The molecule has 0 aromatic heterocycles. The van der Waals surface area contributed by atoms with Gasteiger partial charge in [0.25, 0.3) is 0 Å². The summed E-state index contributed by atoms with van der Waals surface area (Å²) in [5.74, 6) is 0.695. The number of aliphatic carboxylic acids is 1. The topological polar surface area (TPSA) is 66.4 Å². The van der Waals surface area contributed by atoms with Gasteiger partial charge in [-0.05, 0) is 24.7 Å². The molecule has 98 valence electrons. The first-order valence-corrected chi connectivity index (χ1v) is 7.29. The van der Waals surface area contributed by atoms with E-state index >= 15 is 0 Å². The van der Waals surface area contributed by atoms with E-state index in [-0.39, 0.29) is 17.4 Å². The third kappa shape index (κ3) is 6.56. The van der Waals surface area contributed by atoms with Crippen LogP contribution in [0.5, 0.6) is 0 Å². The minimum atomic E-state index is -0.871. The molecule has 0 radical (unpaired) electrons. The first-order valence-electron chi connectivity index (χ1n) is 6.14. The van der Waals surface area contributed by atoms with Gasteiger partial charge < -0.3 is 10.4 Å². The van der Waals surface area contributed by atoms with Crippen LogP contribution in [0.2, 0.25) is 0 Å². The zero-order valence-corrected chi connectivity index (χ0v) is 11.1. The van der Waals surface area contributed by atoms with E-state index in [0.29, 0.717) is 5.92 Å². The van der Waals surface area contributed by atoms with Crippen molar-refractivity contribution in [1.29, 1.82) is 0 Å². The second-order valence-corrected chi connectivity index (χ2v) is 5.81. The number of hydrogen-bond donors (Lipinski definition) is 2. The Bertz CT molecular complexity index is 270. The molecule has 1 amide bonds. The summed E-state index contributed by atoms with van der Waals surface area (Å²) < 4.78 is 0. The molecule has 1 aliphatic rings. The molecule has 1 saturated carbocycles. The second kappa shape index (κ2) is 7.58. The van der Waals surface area contributed by atoms with Crippen LogP contribution in [0.15, 0.2) is 0 Å². The molecule has 17 heavy (non-hydrogen) atoms. The number of carboxylic acid groups (broad SMARTS) is 1. The quantitative estimate of drug-likeness (QED) is 0.762. The lowest BCUT2D eigenvalue weighted by Crippen LogP contribution is -2.32. The van der Waals surface area contributed by atoms with Crippen LogP contribution in [0.4, 0.5) is 0 Å². The Hall–Kier alpha value is -0.710. The summed E-state index contributed by atoms with van der Waals surface area (Å²) >= 11 is 1.15. The number of amides is 1. The molecule has 5 heteroatoms. The first kappa shape index (κ1) is 14.4. The molecule has 1 aliphatic carbocycles. The molecule has 0 spiro atoms. The Morgan fingerprint density at radius 1 is 1.35 bits per heavy atom.